The number of nitro benzene ring substituents is 1. The summed E-state index contributed by atoms with van der Waals surface area (Å²) < 4.78 is 11.6. The van der Waals surface area contributed by atoms with Crippen LogP contribution in [0.4, 0.5) is 5.69 Å². The maximum Gasteiger partial charge on any atom is 0.336 e. The van der Waals surface area contributed by atoms with Gasteiger partial charge < -0.3 is 24.6 Å². The molecule has 0 saturated carbocycles. The number of nitro groups is 1. The van der Waals surface area contributed by atoms with Crippen molar-refractivity contribution >= 4 is 41.1 Å². The standard InChI is InChI=1S/C41H52N4O6S2/c1-31-37(40(46)50-26-12-22-43(3)24-14-28-52-35-18-7-5-8-19-35)39(33-16-11-17-34(30-33)45(48)49)38(32(2)42-31)41(47)51-27-13-23-44(4)25-15-29-53-36-20-9-6-10-21-36/h5-11,16-21,30,39,42H,12-15,22-29H2,1-4H3. The van der Waals surface area contributed by atoms with Crippen LogP contribution in [0.1, 0.15) is 51.0 Å². The zero-order valence-electron chi connectivity index (χ0n) is 31.3. The zero-order chi connectivity index (χ0) is 38.0. The summed E-state index contributed by atoms with van der Waals surface area (Å²) in [5, 5.41) is 14.9. The molecule has 3 aromatic rings. The first-order valence-corrected chi connectivity index (χ1v) is 20.1. The summed E-state index contributed by atoms with van der Waals surface area (Å²) in [7, 11) is 4.11. The molecule has 0 unspecified atom stereocenters. The number of thioether (sulfide) groups is 2. The van der Waals surface area contributed by atoms with Crippen molar-refractivity contribution in [2.24, 2.45) is 0 Å². The summed E-state index contributed by atoms with van der Waals surface area (Å²) in [6.07, 6.45) is 3.35. The second-order valence-electron chi connectivity index (χ2n) is 13.1. The van der Waals surface area contributed by atoms with E-state index in [2.05, 4.69) is 53.5 Å². The summed E-state index contributed by atoms with van der Waals surface area (Å²) >= 11 is 3.68. The largest absolute Gasteiger partial charge is 0.462 e. The third-order valence-corrected chi connectivity index (χ3v) is 11.0. The second kappa shape index (κ2) is 22.2. The zero-order valence-corrected chi connectivity index (χ0v) is 32.9. The third-order valence-electron chi connectivity index (χ3n) is 8.84. The third kappa shape index (κ3) is 13.7. The maximum absolute atomic E-state index is 13.7. The first-order chi connectivity index (χ1) is 25.6. The monoisotopic (exact) mass is 760 g/mol. The van der Waals surface area contributed by atoms with E-state index < -0.39 is 22.8 Å². The molecule has 0 atom stereocenters. The van der Waals surface area contributed by atoms with Crippen molar-refractivity contribution in [1.82, 2.24) is 15.1 Å². The number of ether oxygens (including phenoxy) is 2. The van der Waals surface area contributed by atoms with Gasteiger partial charge in [0.1, 0.15) is 0 Å². The van der Waals surface area contributed by atoms with Crippen LogP contribution in [0.5, 0.6) is 0 Å². The van der Waals surface area contributed by atoms with Crippen molar-refractivity contribution in [2.45, 2.75) is 55.2 Å². The van der Waals surface area contributed by atoms with Gasteiger partial charge in [0.25, 0.3) is 5.69 Å². The summed E-state index contributed by atoms with van der Waals surface area (Å²) in [6, 6.07) is 26.7. The fourth-order valence-electron chi connectivity index (χ4n) is 6.15. The van der Waals surface area contributed by atoms with Gasteiger partial charge in [0.15, 0.2) is 0 Å². The average molecular weight is 761 g/mol. The highest BCUT2D eigenvalue weighted by molar-refractivity contribution is 7.99. The number of dihydropyridines is 1. The second-order valence-corrected chi connectivity index (χ2v) is 15.4. The van der Waals surface area contributed by atoms with Crippen LogP contribution in [0.15, 0.2) is 117 Å². The Hall–Kier alpha value is -4.10. The molecule has 1 aliphatic heterocycles. The molecule has 1 heterocycles. The normalized spacial score (nSPS) is 13.4. The van der Waals surface area contributed by atoms with E-state index in [0.29, 0.717) is 29.8 Å². The van der Waals surface area contributed by atoms with Crippen molar-refractivity contribution in [2.75, 3.05) is 65.0 Å². The minimum Gasteiger partial charge on any atom is -0.462 e. The van der Waals surface area contributed by atoms with Gasteiger partial charge in [-0.3, -0.25) is 10.1 Å². The molecule has 0 radical (unpaired) electrons. The van der Waals surface area contributed by atoms with Gasteiger partial charge in [-0.2, -0.15) is 0 Å². The first kappa shape index (κ1) is 41.7. The van der Waals surface area contributed by atoms with E-state index in [0.717, 1.165) is 50.5 Å². The maximum atomic E-state index is 13.7. The minimum atomic E-state index is -0.897. The van der Waals surface area contributed by atoms with Crippen LogP contribution >= 0.6 is 23.5 Å². The quantitative estimate of drug-likeness (QED) is 0.0354. The van der Waals surface area contributed by atoms with Crippen molar-refractivity contribution in [1.29, 1.82) is 0 Å². The molecular weight excluding hydrogens is 709 g/mol. The fourth-order valence-corrected chi connectivity index (χ4v) is 7.86. The molecule has 284 valence electrons. The van der Waals surface area contributed by atoms with Gasteiger partial charge in [0, 0.05) is 46.4 Å². The highest BCUT2D eigenvalue weighted by Gasteiger charge is 2.38. The van der Waals surface area contributed by atoms with Gasteiger partial charge in [0.05, 0.1) is 35.2 Å². The predicted octanol–water partition coefficient (Wildman–Crippen LogP) is 7.92. The molecule has 0 fully saturated rings. The van der Waals surface area contributed by atoms with Crippen LogP contribution in [0.25, 0.3) is 0 Å². The number of non-ortho nitro benzene ring substituents is 1. The van der Waals surface area contributed by atoms with E-state index in [-0.39, 0.29) is 30.0 Å². The fraction of sp³-hybridized carbons (Fsp3) is 0.415. The summed E-state index contributed by atoms with van der Waals surface area (Å²) in [4.78, 5) is 45.7. The van der Waals surface area contributed by atoms with E-state index in [1.807, 2.05) is 59.9 Å². The van der Waals surface area contributed by atoms with Crippen molar-refractivity contribution in [3.05, 3.63) is 123 Å². The Morgan fingerprint density at radius 2 is 1.15 bits per heavy atom. The number of carbonyl (C=O) groups is 2. The molecule has 0 aromatic heterocycles. The summed E-state index contributed by atoms with van der Waals surface area (Å²) in [6.45, 7) is 7.26. The molecule has 4 rings (SSSR count). The van der Waals surface area contributed by atoms with Crippen LogP contribution < -0.4 is 5.32 Å². The van der Waals surface area contributed by atoms with E-state index in [4.69, 9.17) is 9.47 Å². The average Bonchev–Trinajstić information content (AvgIpc) is 3.15. The molecule has 10 nitrogen and oxygen atoms in total. The molecule has 0 spiro atoms. The van der Waals surface area contributed by atoms with Gasteiger partial charge in [-0.25, -0.2) is 9.59 Å². The number of benzene rings is 3. The Balaban J connectivity index is 1.31. The molecule has 53 heavy (non-hydrogen) atoms. The van der Waals surface area contributed by atoms with E-state index in [1.165, 1.54) is 21.9 Å². The Morgan fingerprint density at radius 1 is 0.698 bits per heavy atom. The molecule has 0 saturated heterocycles. The number of esters is 2. The molecule has 0 bridgehead atoms. The molecular formula is C41H52N4O6S2. The van der Waals surface area contributed by atoms with Gasteiger partial charge >= 0.3 is 11.9 Å². The highest BCUT2D eigenvalue weighted by atomic mass is 32.2. The van der Waals surface area contributed by atoms with E-state index in [9.17, 15) is 19.7 Å². The van der Waals surface area contributed by atoms with Crippen molar-refractivity contribution < 1.29 is 24.0 Å². The summed E-state index contributed by atoms with van der Waals surface area (Å²) in [5.41, 5.74) is 1.85. The lowest BCUT2D eigenvalue weighted by molar-refractivity contribution is -0.384. The van der Waals surface area contributed by atoms with Crippen LogP contribution in [0.2, 0.25) is 0 Å². The lowest BCUT2D eigenvalue weighted by atomic mass is 9.80. The number of nitrogens with one attached hydrogen (secondary N) is 1. The van der Waals surface area contributed by atoms with Gasteiger partial charge in [0.2, 0.25) is 0 Å². The molecule has 1 N–H and O–H groups in total. The van der Waals surface area contributed by atoms with Crippen LogP contribution in [-0.2, 0) is 19.1 Å². The van der Waals surface area contributed by atoms with E-state index in [1.54, 1.807) is 26.0 Å². The first-order valence-electron chi connectivity index (χ1n) is 18.1. The topological polar surface area (TPSA) is 114 Å². The van der Waals surface area contributed by atoms with Crippen molar-refractivity contribution in [3.63, 3.8) is 0 Å². The number of hydrogen-bond acceptors (Lipinski definition) is 11. The van der Waals surface area contributed by atoms with Crippen LogP contribution in [0, 0.1) is 10.1 Å². The minimum absolute atomic E-state index is 0.132. The van der Waals surface area contributed by atoms with Gasteiger partial charge in [-0.15, -0.1) is 23.5 Å². The summed E-state index contributed by atoms with van der Waals surface area (Å²) in [5.74, 6) is 0.000987. The molecule has 0 aliphatic carbocycles. The molecule has 3 aromatic carbocycles. The Bertz CT molecular complexity index is 1610. The molecule has 1 aliphatic rings. The number of carbonyl (C=O) groups excluding carboxylic acids is 2. The number of nitrogens with zero attached hydrogens (tertiary/aromatic N) is 3. The Kier molecular flexibility index (Phi) is 17.4. The van der Waals surface area contributed by atoms with Crippen LogP contribution in [0.3, 0.4) is 0 Å². The van der Waals surface area contributed by atoms with Gasteiger partial charge in [-0.1, -0.05) is 48.5 Å². The highest BCUT2D eigenvalue weighted by Crippen LogP contribution is 2.40. The number of rotatable bonds is 22. The lowest BCUT2D eigenvalue weighted by Crippen LogP contribution is -2.33. The SMILES string of the molecule is CC1=C(C(=O)OCCCN(C)CCCSc2ccccc2)C(c2cccc([N+](=O)[O-])c2)C(C(=O)OCCCN(C)CCCSc2ccccc2)=C(C)N1. The van der Waals surface area contributed by atoms with Crippen LogP contribution in [-0.4, -0.2) is 91.7 Å². The predicted molar refractivity (Wildman–Crippen MR) is 214 cm³/mol. The van der Waals surface area contributed by atoms with E-state index >= 15 is 0 Å². The Labute approximate surface area is 322 Å². The Morgan fingerprint density at radius 3 is 1.60 bits per heavy atom. The molecule has 12 heteroatoms. The van der Waals surface area contributed by atoms with Gasteiger partial charge in [-0.05, 0) is 108 Å². The van der Waals surface area contributed by atoms with Crippen molar-refractivity contribution in [3.8, 4) is 0 Å². The number of hydrogen-bond donors (Lipinski definition) is 1. The lowest BCUT2D eigenvalue weighted by Gasteiger charge is -2.30. The smallest absolute Gasteiger partial charge is 0.336 e. The molecule has 0 amide bonds. The number of allylic oxidation sites excluding steroid dienone is 2.